The summed E-state index contributed by atoms with van der Waals surface area (Å²) in [6.07, 6.45) is 18.2. The van der Waals surface area contributed by atoms with E-state index in [9.17, 15) is 0 Å². The second-order valence-electron chi connectivity index (χ2n) is 8.02. The van der Waals surface area contributed by atoms with Crippen LogP contribution in [0.25, 0.3) is 0 Å². The molecular weight excluding hydrogens is 242 g/mol. The van der Waals surface area contributed by atoms with Gasteiger partial charge in [-0.3, -0.25) is 0 Å². The van der Waals surface area contributed by atoms with Crippen molar-refractivity contribution < 1.29 is 0 Å². The zero-order valence-corrected chi connectivity index (χ0v) is 13.6. The SMILES string of the molecule is CCNC(CC1CCCCCC1)CC1CC2CCC1C2. The quantitative estimate of drug-likeness (QED) is 0.662. The molecule has 3 saturated carbocycles. The van der Waals surface area contributed by atoms with Crippen LogP contribution in [0.15, 0.2) is 0 Å². The fraction of sp³-hybridized carbons (Fsp3) is 1.00. The van der Waals surface area contributed by atoms with Gasteiger partial charge in [0.05, 0.1) is 0 Å². The van der Waals surface area contributed by atoms with Crippen LogP contribution in [0.1, 0.15) is 84.0 Å². The van der Waals surface area contributed by atoms with E-state index in [1.165, 1.54) is 51.4 Å². The lowest BCUT2D eigenvalue weighted by Crippen LogP contribution is -2.34. The minimum absolute atomic E-state index is 0.826. The number of fused-ring (bicyclic) bond motifs is 2. The van der Waals surface area contributed by atoms with Gasteiger partial charge in [-0.15, -0.1) is 0 Å². The van der Waals surface area contributed by atoms with E-state index < -0.39 is 0 Å². The summed E-state index contributed by atoms with van der Waals surface area (Å²) >= 11 is 0. The Balaban J connectivity index is 1.49. The lowest BCUT2D eigenvalue weighted by atomic mass is 9.81. The van der Waals surface area contributed by atoms with Crippen LogP contribution in [0.4, 0.5) is 0 Å². The Kier molecular flexibility index (Phi) is 5.42. The molecule has 4 atom stereocenters. The van der Waals surface area contributed by atoms with Crippen LogP contribution >= 0.6 is 0 Å². The minimum atomic E-state index is 0.826. The normalized spacial score (nSPS) is 36.1. The maximum atomic E-state index is 3.84. The highest BCUT2D eigenvalue weighted by Gasteiger charge is 2.40. The van der Waals surface area contributed by atoms with Gasteiger partial charge in [0.25, 0.3) is 0 Å². The molecule has 1 nitrogen and oxygen atoms in total. The van der Waals surface area contributed by atoms with E-state index in [1.807, 2.05) is 0 Å². The standard InChI is InChI=1S/C19H35N/c1-2-20-19(13-15-7-5-3-4-6-8-15)14-18-12-16-9-10-17(18)11-16/h15-20H,2-14H2,1H3. The summed E-state index contributed by atoms with van der Waals surface area (Å²) < 4.78 is 0. The first kappa shape index (κ1) is 14.9. The molecule has 0 heterocycles. The Morgan fingerprint density at radius 2 is 1.70 bits per heavy atom. The maximum absolute atomic E-state index is 3.84. The van der Waals surface area contributed by atoms with E-state index in [0.29, 0.717) is 0 Å². The minimum Gasteiger partial charge on any atom is -0.314 e. The number of nitrogens with one attached hydrogen (secondary N) is 1. The lowest BCUT2D eigenvalue weighted by Gasteiger charge is -2.29. The molecular formula is C19H35N. The molecule has 116 valence electrons. The molecule has 0 aliphatic heterocycles. The summed E-state index contributed by atoms with van der Waals surface area (Å²) in [5.74, 6) is 4.32. The molecule has 0 amide bonds. The third-order valence-electron chi connectivity index (χ3n) is 6.56. The number of hydrogen-bond donors (Lipinski definition) is 1. The van der Waals surface area contributed by atoms with Gasteiger partial charge in [-0.05, 0) is 62.3 Å². The highest BCUT2D eigenvalue weighted by molar-refractivity contribution is 4.92. The molecule has 0 spiro atoms. The largest absolute Gasteiger partial charge is 0.314 e. The Morgan fingerprint density at radius 1 is 0.900 bits per heavy atom. The van der Waals surface area contributed by atoms with Gasteiger partial charge < -0.3 is 5.32 Å². The van der Waals surface area contributed by atoms with Crippen LogP contribution < -0.4 is 5.32 Å². The summed E-state index contributed by atoms with van der Waals surface area (Å²) in [5, 5.41) is 3.84. The second kappa shape index (κ2) is 7.29. The molecule has 1 heteroatoms. The molecule has 20 heavy (non-hydrogen) atoms. The average Bonchev–Trinajstić information content (AvgIpc) is 2.96. The predicted molar refractivity (Wildman–Crippen MR) is 86.8 cm³/mol. The second-order valence-corrected chi connectivity index (χ2v) is 8.02. The number of rotatable bonds is 6. The Hall–Kier alpha value is -0.0400. The first-order valence-corrected chi connectivity index (χ1v) is 9.58. The Labute approximate surface area is 126 Å². The van der Waals surface area contributed by atoms with Gasteiger partial charge in [0.2, 0.25) is 0 Å². The fourth-order valence-electron chi connectivity index (χ4n) is 5.58. The van der Waals surface area contributed by atoms with Crippen molar-refractivity contribution in [2.45, 2.75) is 90.0 Å². The van der Waals surface area contributed by atoms with Crippen molar-refractivity contribution in [2.24, 2.45) is 23.7 Å². The Morgan fingerprint density at radius 3 is 2.30 bits per heavy atom. The van der Waals surface area contributed by atoms with Crippen LogP contribution in [-0.2, 0) is 0 Å². The van der Waals surface area contributed by atoms with Crippen molar-refractivity contribution in [1.29, 1.82) is 0 Å². The highest BCUT2D eigenvalue weighted by Crippen LogP contribution is 2.50. The van der Waals surface area contributed by atoms with E-state index >= 15 is 0 Å². The maximum Gasteiger partial charge on any atom is 0.00723 e. The molecule has 1 N–H and O–H groups in total. The van der Waals surface area contributed by atoms with E-state index in [4.69, 9.17) is 0 Å². The molecule has 0 radical (unpaired) electrons. The van der Waals surface area contributed by atoms with E-state index in [-0.39, 0.29) is 0 Å². The highest BCUT2D eigenvalue weighted by atomic mass is 14.9. The smallest absolute Gasteiger partial charge is 0.00723 e. The summed E-state index contributed by atoms with van der Waals surface area (Å²) in [7, 11) is 0. The van der Waals surface area contributed by atoms with Crippen molar-refractivity contribution in [3.8, 4) is 0 Å². The summed E-state index contributed by atoms with van der Waals surface area (Å²) in [6, 6.07) is 0.826. The Bertz CT molecular complexity index is 279. The van der Waals surface area contributed by atoms with Crippen molar-refractivity contribution in [2.75, 3.05) is 6.54 Å². The van der Waals surface area contributed by atoms with Gasteiger partial charge in [-0.1, -0.05) is 51.9 Å². The molecule has 3 aliphatic rings. The third-order valence-corrected chi connectivity index (χ3v) is 6.56. The molecule has 3 aliphatic carbocycles. The first-order chi connectivity index (χ1) is 9.85. The zero-order valence-electron chi connectivity index (χ0n) is 13.6. The lowest BCUT2D eigenvalue weighted by molar-refractivity contribution is 0.250. The van der Waals surface area contributed by atoms with Crippen LogP contribution in [-0.4, -0.2) is 12.6 Å². The van der Waals surface area contributed by atoms with Crippen molar-refractivity contribution in [3.63, 3.8) is 0 Å². The van der Waals surface area contributed by atoms with Gasteiger partial charge in [0, 0.05) is 6.04 Å². The van der Waals surface area contributed by atoms with Gasteiger partial charge >= 0.3 is 0 Å². The molecule has 0 aromatic carbocycles. The molecule has 0 saturated heterocycles. The summed E-state index contributed by atoms with van der Waals surface area (Å²) in [6.45, 7) is 3.46. The topological polar surface area (TPSA) is 12.0 Å². The van der Waals surface area contributed by atoms with Crippen molar-refractivity contribution in [1.82, 2.24) is 5.32 Å². The van der Waals surface area contributed by atoms with Crippen LogP contribution in [0.5, 0.6) is 0 Å². The predicted octanol–water partition coefficient (Wildman–Crippen LogP) is 5.15. The van der Waals surface area contributed by atoms with Gasteiger partial charge in [-0.2, -0.15) is 0 Å². The molecule has 4 unspecified atom stereocenters. The molecule has 3 rings (SSSR count). The number of hydrogen-bond acceptors (Lipinski definition) is 1. The zero-order chi connectivity index (χ0) is 13.8. The van der Waals surface area contributed by atoms with E-state index in [2.05, 4.69) is 12.2 Å². The van der Waals surface area contributed by atoms with E-state index in [1.54, 1.807) is 25.7 Å². The van der Waals surface area contributed by atoms with Gasteiger partial charge in [0.1, 0.15) is 0 Å². The molecule has 0 aromatic rings. The van der Waals surface area contributed by atoms with Crippen LogP contribution in [0, 0.1) is 23.7 Å². The van der Waals surface area contributed by atoms with Crippen molar-refractivity contribution in [3.05, 3.63) is 0 Å². The third kappa shape index (κ3) is 3.78. The average molecular weight is 277 g/mol. The van der Waals surface area contributed by atoms with Gasteiger partial charge in [0.15, 0.2) is 0 Å². The van der Waals surface area contributed by atoms with Crippen molar-refractivity contribution >= 4 is 0 Å². The van der Waals surface area contributed by atoms with Crippen LogP contribution in [0.2, 0.25) is 0 Å². The molecule has 3 fully saturated rings. The van der Waals surface area contributed by atoms with Gasteiger partial charge in [-0.25, -0.2) is 0 Å². The fourth-order valence-corrected chi connectivity index (χ4v) is 5.58. The summed E-state index contributed by atoms with van der Waals surface area (Å²) in [4.78, 5) is 0. The van der Waals surface area contributed by atoms with Crippen LogP contribution in [0.3, 0.4) is 0 Å². The summed E-state index contributed by atoms with van der Waals surface area (Å²) in [5.41, 5.74) is 0. The van der Waals surface area contributed by atoms with E-state index in [0.717, 1.165) is 36.3 Å². The molecule has 2 bridgehead atoms. The first-order valence-electron chi connectivity index (χ1n) is 9.58. The monoisotopic (exact) mass is 277 g/mol. The molecule has 0 aromatic heterocycles.